The lowest BCUT2D eigenvalue weighted by atomic mass is 9.92. The number of benzene rings is 2. The van der Waals surface area contributed by atoms with Crippen molar-refractivity contribution in [2.45, 2.75) is 71.3 Å². The Morgan fingerprint density at radius 3 is 1.59 bits per heavy atom. The van der Waals surface area contributed by atoms with Gasteiger partial charge in [-0.25, -0.2) is 0 Å². The van der Waals surface area contributed by atoms with Crippen molar-refractivity contribution in [3.05, 3.63) is 47.5 Å². The van der Waals surface area contributed by atoms with Gasteiger partial charge in [0, 0.05) is 12.5 Å². The maximum atomic E-state index is 6.37. The third-order valence-electron chi connectivity index (χ3n) is 4.92. The van der Waals surface area contributed by atoms with E-state index < -0.39 is 25.0 Å². The van der Waals surface area contributed by atoms with Gasteiger partial charge in [0.25, 0.3) is 0 Å². The van der Waals surface area contributed by atoms with Crippen LogP contribution in [-0.2, 0) is 10.8 Å². The van der Waals surface area contributed by atoms with Gasteiger partial charge in [0.2, 0.25) is 16.6 Å². The molecule has 0 N–H and O–H groups in total. The van der Waals surface area contributed by atoms with E-state index in [2.05, 4.69) is 83.2 Å². The first kappa shape index (κ1) is 28.5. The SMILES string of the molecule is COc1cc(CC(CO[Si](C)(C)C)c2ccc(O[Si](C)(C)C)c(OC)c2)ccc1O[Si](C)(C)C. The van der Waals surface area contributed by atoms with E-state index in [1.165, 1.54) is 11.1 Å². The molecule has 0 spiro atoms. The van der Waals surface area contributed by atoms with Crippen LogP contribution in [0.2, 0.25) is 58.9 Å². The first-order valence-electron chi connectivity index (χ1n) is 12.0. The van der Waals surface area contributed by atoms with Gasteiger partial charge in [-0.15, -0.1) is 0 Å². The third-order valence-corrected chi connectivity index (χ3v) is 7.62. The summed E-state index contributed by atoms with van der Waals surface area (Å²) in [6, 6.07) is 12.6. The molecule has 0 aromatic heterocycles. The number of ether oxygens (including phenoxy) is 2. The van der Waals surface area contributed by atoms with Crippen LogP contribution in [0.1, 0.15) is 17.0 Å². The van der Waals surface area contributed by atoms with Crippen molar-refractivity contribution < 1.29 is 22.8 Å². The second-order valence-electron chi connectivity index (χ2n) is 11.6. The van der Waals surface area contributed by atoms with Gasteiger partial charge in [0.15, 0.2) is 19.8 Å². The summed E-state index contributed by atoms with van der Waals surface area (Å²) in [6.45, 7) is 20.4. The van der Waals surface area contributed by atoms with Crippen LogP contribution in [0.4, 0.5) is 0 Å². The molecular weight excluding hydrogens is 477 g/mol. The van der Waals surface area contributed by atoms with Gasteiger partial charge >= 0.3 is 0 Å². The Morgan fingerprint density at radius 2 is 1.12 bits per heavy atom. The van der Waals surface area contributed by atoms with E-state index >= 15 is 0 Å². The van der Waals surface area contributed by atoms with Crippen LogP contribution in [0, 0.1) is 0 Å². The summed E-state index contributed by atoms with van der Waals surface area (Å²) in [7, 11) is -1.76. The number of rotatable bonds is 12. The van der Waals surface area contributed by atoms with Crippen LogP contribution in [0.15, 0.2) is 36.4 Å². The molecule has 0 aliphatic carbocycles. The first-order chi connectivity index (χ1) is 15.6. The minimum atomic E-state index is -1.75. The van der Waals surface area contributed by atoms with Gasteiger partial charge in [0.05, 0.1) is 14.2 Å². The van der Waals surface area contributed by atoms with Gasteiger partial charge < -0.3 is 22.8 Å². The van der Waals surface area contributed by atoms with E-state index in [9.17, 15) is 0 Å². The van der Waals surface area contributed by atoms with E-state index in [1.807, 2.05) is 12.1 Å². The molecule has 5 nitrogen and oxygen atoms in total. The molecule has 0 radical (unpaired) electrons. The van der Waals surface area contributed by atoms with E-state index in [1.54, 1.807) is 14.2 Å². The summed E-state index contributed by atoms with van der Waals surface area (Å²) >= 11 is 0. The highest BCUT2D eigenvalue weighted by molar-refractivity contribution is 6.71. The largest absolute Gasteiger partial charge is 0.542 e. The Morgan fingerprint density at radius 1 is 0.618 bits per heavy atom. The van der Waals surface area contributed by atoms with Crippen molar-refractivity contribution in [2.75, 3.05) is 20.8 Å². The van der Waals surface area contributed by atoms with Crippen LogP contribution in [0.25, 0.3) is 0 Å². The fourth-order valence-electron chi connectivity index (χ4n) is 3.51. The van der Waals surface area contributed by atoms with Crippen LogP contribution >= 0.6 is 0 Å². The highest BCUT2D eigenvalue weighted by Gasteiger charge is 2.24. The molecule has 2 aromatic rings. The zero-order valence-electron chi connectivity index (χ0n) is 23.0. The quantitative estimate of drug-likeness (QED) is 0.275. The highest BCUT2D eigenvalue weighted by atomic mass is 28.4. The predicted molar refractivity (Wildman–Crippen MR) is 150 cm³/mol. The Bertz CT molecular complexity index is 943. The summed E-state index contributed by atoms with van der Waals surface area (Å²) in [5.41, 5.74) is 2.37. The van der Waals surface area contributed by atoms with Crippen molar-refractivity contribution in [3.8, 4) is 23.0 Å². The van der Waals surface area contributed by atoms with E-state index in [0.29, 0.717) is 6.61 Å². The van der Waals surface area contributed by atoms with Gasteiger partial charge in [-0.1, -0.05) is 12.1 Å². The molecule has 190 valence electrons. The van der Waals surface area contributed by atoms with Crippen LogP contribution in [0.3, 0.4) is 0 Å². The molecular formula is C26H44O5Si3. The molecule has 0 aliphatic heterocycles. The summed E-state index contributed by atoms with van der Waals surface area (Å²) in [5.74, 6) is 3.35. The molecule has 0 fully saturated rings. The van der Waals surface area contributed by atoms with E-state index in [4.69, 9.17) is 22.8 Å². The lowest BCUT2D eigenvalue weighted by molar-refractivity contribution is 0.280. The zero-order valence-corrected chi connectivity index (χ0v) is 26.0. The van der Waals surface area contributed by atoms with Gasteiger partial charge in [-0.05, 0) is 101 Å². The first-order valence-corrected chi connectivity index (χ1v) is 22.2. The smallest absolute Gasteiger partial charge is 0.242 e. The Kier molecular flexibility index (Phi) is 9.49. The van der Waals surface area contributed by atoms with E-state index in [0.717, 1.165) is 29.4 Å². The molecule has 2 aromatic carbocycles. The minimum absolute atomic E-state index is 0.176. The maximum Gasteiger partial charge on any atom is 0.242 e. The fourth-order valence-corrected chi connectivity index (χ4v) is 5.87. The number of hydrogen-bond acceptors (Lipinski definition) is 5. The Labute approximate surface area is 210 Å². The molecule has 0 heterocycles. The second-order valence-corrected chi connectivity index (χ2v) is 25.0. The molecule has 34 heavy (non-hydrogen) atoms. The summed E-state index contributed by atoms with van der Waals surface area (Å²) in [5, 5.41) is 0. The lowest BCUT2D eigenvalue weighted by Crippen LogP contribution is -2.30. The van der Waals surface area contributed by atoms with Crippen molar-refractivity contribution in [1.29, 1.82) is 0 Å². The average Bonchev–Trinajstić information content (AvgIpc) is 2.69. The summed E-state index contributed by atoms with van der Waals surface area (Å²) < 4.78 is 30.2. The number of methoxy groups -OCH3 is 2. The molecule has 2 rings (SSSR count). The average molecular weight is 521 g/mol. The summed E-state index contributed by atoms with van der Waals surface area (Å²) in [6.07, 6.45) is 0.825. The molecule has 1 atom stereocenters. The van der Waals surface area contributed by atoms with Crippen molar-refractivity contribution in [2.24, 2.45) is 0 Å². The molecule has 1 unspecified atom stereocenters. The molecule has 0 saturated carbocycles. The molecule has 0 saturated heterocycles. The normalized spacial score (nSPS) is 13.4. The Balaban J connectivity index is 2.38. The Hall–Kier alpha value is -1.75. The highest BCUT2D eigenvalue weighted by Crippen LogP contribution is 2.36. The van der Waals surface area contributed by atoms with Crippen LogP contribution in [-0.4, -0.2) is 45.8 Å². The topological polar surface area (TPSA) is 46.2 Å². The van der Waals surface area contributed by atoms with Gasteiger partial charge in [-0.3, -0.25) is 0 Å². The van der Waals surface area contributed by atoms with Gasteiger partial charge in [0.1, 0.15) is 11.5 Å². The van der Waals surface area contributed by atoms with E-state index in [-0.39, 0.29) is 5.92 Å². The fraction of sp³-hybridized carbons (Fsp3) is 0.538. The van der Waals surface area contributed by atoms with Crippen molar-refractivity contribution >= 4 is 25.0 Å². The lowest BCUT2D eigenvalue weighted by Gasteiger charge is -2.26. The second kappa shape index (κ2) is 11.3. The monoisotopic (exact) mass is 520 g/mol. The molecule has 8 heteroatoms. The van der Waals surface area contributed by atoms with Crippen LogP contribution < -0.4 is 18.3 Å². The van der Waals surface area contributed by atoms with Crippen molar-refractivity contribution in [3.63, 3.8) is 0 Å². The standard InChI is InChI=1S/C26H44O5Si3/c1-27-25-17-20(12-14-23(25)30-33(6,7)8)16-22(19-29-32(3,4)5)21-13-15-24(26(18-21)28-2)31-34(9,10)11/h12-15,17-18,22H,16,19H2,1-11H3. The van der Waals surface area contributed by atoms with Crippen molar-refractivity contribution in [1.82, 2.24) is 0 Å². The molecule has 0 aliphatic rings. The maximum absolute atomic E-state index is 6.37. The zero-order chi connectivity index (χ0) is 25.7. The van der Waals surface area contributed by atoms with Crippen LogP contribution in [0.5, 0.6) is 23.0 Å². The predicted octanol–water partition coefficient (Wildman–Crippen LogP) is 7.31. The van der Waals surface area contributed by atoms with Gasteiger partial charge in [-0.2, -0.15) is 0 Å². The third kappa shape index (κ3) is 9.48. The minimum Gasteiger partial charge on any atom is -0.542 e. The summed E-state index contributed by atoms with van der Waals surface area (Å²) in [4.78, 5) is 0. The molecule has 0 amide bonds. The number of hydrogen-bond donors (Lipinski definition) is 0. The molecule has 0 bridgehead atoms.